The van der Waals surface area contributed by atoms with Crippen LogP contribution in [0.2, 0.25) is 0 Å². The largest absolute Gasteiger partial charge is 0.365 e. The zero-order valence-electron chi connectivity index (χ0n) is 6.89. The molecular weight excluding hydrogens is 136 g/mol. The Hall–Kier alpha value is -1.05. The van der Waals surface area contributed by atoms with E-state index in [1.54, 1.807) is 0 Å². The molecule has 0 aromatic carbocycles. The molecule has 1 N–H and O–H groups in total. The van der Waals surface area contributed by atoms with Gasteiger partial charge in [-0.15, -0.1) is 0 Å². The molecule has 1 aromatic heterocycles. The summed E-state index contributed by atoms with van der Waals surface area (Å²) in [6.07, 6.45) is 2.91. The summed E-state index contributed by atoms with van der Waals surface area (Å²) in [6, 6.07) is 4.12. The van der Waals surface area contributed by atoms with E-state index in [1.165, 1.54) is 5.56 Å². The Kier molecular flexibility index (Phi) is 1.19. The number of rotatable bonds is 0. The zero-order chi connectivity index (χ0) is 7.90. The normalized spacial score (nSPS) is 19.1. The maximum absolute atomic E-state index is 4.24. The third-order valence-corrected chi connectivity index (χ3v) is 1.98. The van der Waals surface area contributed by atoms with Gasteiger partial charge in [-0.1, -0.05) is 6.07 Å². The van der Waals surface area contributed by atoms with Gasteiger partial charge in [-0.2, -0.15) is 0 Å². The van der Waals surface area contributed by atoms with E-state index < -0.39 is 0 Å². The lowest BCUT2D eigenvalue weighted by atomic mass is 10.0. The predicted molar refractivity (Wildman–Crippen MR) is 45.6 cm³/mol. The molecule has 0 aliphatic carbocycles. The summed E-state index contributed by atoms with van der Waals surface area (Å²) in [4.78, 5) is 4.24. The van der Waals surface area contributed by atoms with Gasteiger partial charge >= 0.3 is 0 Å². The molecule has 0 bridgehead atoms. The fourth-order valence-electron chi connectivity index (χ4n) is 1.53. The number of hydrogen-bond donors (Lipinski definition) is 1. The van der Waals surface area contributed by atoms with E-state index in [-0.39, 0.29) is 5.54 Å². The first-order valence-corrected chi connectivity index (χ1v) is 3.89. The van der Waals surface area contributed by atoms with Crippen molar-refractivity contribution in [2.24, 2.45) is 0 Å². The summed E-state index contributed by atoms with van der Waals surface area (Å²) in [7, 11) is 0. The van der Waals surface area contributed by atoms with Gasteiger partial charge in [-0.05, 0) is 31.9 Å². The summed E-state index contributed by atoms with van der Waals surface area (Å²) in [6.45, 7) is 4.38. The first-order valence-electron chi connectivity index (χ1n) is 3.89. The zero-order valence-corrected chi connectivity index (χ0v) is 6.89. The second kappa shape index (κ2) is 1.97. The molecule has 2 rings (SSSR count). The molecule has 0 saturated carbocycles. The summed E-state index contributed by atoms with van der Waals surface area (Å²) < 4.78 is 0. The van der Waals surface area contributed by atoms with Gasteiger partial charge in [-0.3, -0.25) is 0 Å². The number of anilines is 1. The van der Waals surface area contributed by atoms with Gasteiger partial charge in [0.25, 0.3) is 0 Å². The molecule has 2 nitrogen and oxygen atoms in total. The topological polar surface area (TPSA) is 24.9 Å². The van der Waals surface area contributed by atoms with Gasteiger partial charge in [0.1, 0.15) is 5.82 Å². The standard InChI is InChI=1S/C9H12N2/c1-9(2)6-7-4-3-5-10-8(7)11-9/h3-5H,6H2,1-2H3,(H,10,11). The Morgan fingerprint density at radius 1 is 1.55 bits per heavy atom. The lowest BCUT2D eigenvalue weighted by Crippen LogP contribution is -2.27. The SMILES string of the molecule is CC1(C)Cc2cccnc2N1. The van der Waals surface area contributed by atoms with Crippen molar-refractivity contribution in [3.8, 4) is 0 Å². The van der Waals surface area contributed by atoms with Gasteiger partial charge in [-0.25, -0.2) is 4.98 Å². The van der Waals surface area contributed by atoms with Crippen LogP contribution in [0, 0.1) is 0 Å². The van der Waals surface area contributed by atoms with Crippen molar-refractivity contribution in [3.63, 3.8) is 0 Å². The molecule has 0 spiro atoms. The average Bonchev–Trinajstić information content (AvgIpc) is 2.21. The van der Waals surface area contributed by atoms with Crippen LogP contribution >= 0.6 is 0 Å². The Morgan fingerprint density at radius 3 is 3.09 bits per heavy atom. The van der Waals surface area contributed by atoms with E-state index in [0.29, 0.717) is 0 Å². The highest BCUT2D eigenvalue weighted by Gasteiger charge is 2.27. The first-order chi connectivity index (χ1) is 5.17. The third-order valence-electron chi connectivity index (χ3n) is 1.98. The van der Waals surface area contributed by atoms with Crippen LogP contribution in [0.4, 0.5) is 5.82 Å². The smallest absolute Gasteiger partial charge is 0.129 e. The molecule has 0 amide bonds. The minimum Gasteiger partial charge on any atom is -0.365 e. The van der Waals surface area contributed by atoms with E-state index in [2.05, 4.69) is 30.2 Å². The first kappa shape index (κ1) is 6.65. The summed E-state index contributed by atoms with van der Waals surface area (Å²) in [5.74, 6) is 1.05. The second-order valence-corrected chi connectivity index (χ2v) is 3.70. The number of nitrogens with zero attached hydrogens (tertiary/aromatic N) is 1. The van der Waals surface area contributed by atoms with Crippen molar-refractivity contribution in [1.82, 2.24) is 4.98 Å². The molecule has 11 heavy (non-hydrogen) atoms. The van der Waals surface area contributed by atoms with Crippen LogP contribution in [-0.4, -0.2) is 10.5 Å². The van der Waals surface area contributed by atoms with Crippen LogP contribution in [0.25, 0.3) is 0 Å². The summed E-state index contributed by atoms with van der Waals surface area (Å²) in [5.41, 5.74) is 1.52. The fraction of sp³-hybridized carbons (Fsp3) is 0.444. The molecule has 2 heteroatoms. The van der Waals surface area contributed by atoms with Crippen molar-refractivity contribution >= 4 is 5.82 Å². The third kappa shape index (κ3) is 1.09. The van der Waals surface area contributed by atoms with Crippen LogP contribution < -0.4 is 5.32 Å². The Morgan fingerprint density at radius 2 is 2.36 bits per heavy atom. The maximum Gasteiger partial charge on any atom is 0.129 e. The minimum atomic E-state index is 0.191. The Labute approximate surface area is 66.7 Å². The van der Waals surface area contributed by atoms with Crippen LogP contribution in [0.1, 0.15) is 19.4 Å². The van der Waals surface area contributed by atoms with Crippen molar-refractivity contribution in [3.05, 3.63) is 23.9 Å². The van der Waals surface area contributed by atoms with E-state index in [4.69, 9.17) is 0 Å². The van der Waals surface area contributed by atoms with E-state index in [9.17, 15) is 0 Å². The van der Waals surface area contributed by atoms with Gasteiger partial charge in [0, 0.05) is 11.7 Å². The van der Waals surface area contributed by atoms with Crippen molar-refractivity contribution in [2.45, 2.75) is 25.8 Å². The van der Waals surface area contributed by atoms with Gasteiger partial charge < -0.3 is 5.32 Å². The molecule has 58 valence electrons. The second-order valence-electron chi connectivity index (χ2n) is 3.70. The Balaban J connectivity index is 2.41. The van der Waals surface area contributed by atoms with E-state index in [0.717, 1.165) is 12.2 Å². The van der Waals surface area contributed by atoms with Crippen LogP contribution in [0.5, 0.6) is 0 Å². The number of nitrogens with one attached hydrogen (secondary N) is 1. The van der Waals surface area contributed by atoms with Crippen molar-refractivity contribution in [1.29, 1.82) is 0 Å². The molecule has 0 saturated heterocycles. The molecule has 0 atom stereocenters. The monoisotopic (exact) mass is 148 g/mol. The van der Waals surface area contributed by atoms with Gasteiger partial charge in [0.05, 0.1) is 0 Å². The quantitative estimate of drug-likeness (QED) is 0.607. The highest BCUT2D eigenvalue weighted by molar-refractivity contribution is 5.52. The fourth-order valence-corrected chi connectivity index (χ4v) is 1.53. The predicted octanol–water partition coefficient (Wildman–Crippen LogP) is 1.83. The number of aromatic nitrogens is 1. The molecule has 0 radical (unpaired) electrons. The Bertz CT molecular complexity index is 252. The average molecular weight is 148 g/mol. The molecule has 0 unspecified atom stereocenters. The van der Waals surface area contributed by atoms with Crippen molar-refractivity contribution < 1.29 is 0 Å². The molecule has 1 aliphatic rings. The summed E-state index contributed by atoms with van der Waals surface area (Å²) in [5, 5.41) is 3.36. The van der Waals surface area contributed by atoms with E-state index >= 15 is 0 Å². The van der Waals surface area contributed by atoms with Crippen LogP contribution in [0.3, 0.4) is 0 Å². The maximum atomic E-state index is 4.24. The highest BCUT2D eigenvalue weighted by Crippen LogP contribution is 2.29. The molecule has 2 heterocycles. The number of hydrogen-bond acceptors (Lipinski definition) is 2. The highest BCUT2D eigenvalue weighted by atomic mass is 15.1. The molecule has 1 aliphatic heterocycles. The molecule has 0 fully saturated rings. The number of pyridine rings is 1. The van der Waals surface area contributed by atoms with E-state index in [1.807, 2.05) is 12.3 Å². The van der Waals surface area contributed by atoms with Crippen LogP contribution in [-0.2, 0) is 6.42 Å². The lowest BCUT2D eigenvalue weighted by molar-refractivity contribution is 0.593. The molecule has 1 aromatic rings. The van der Waals surface area contributed by atoms with Gasteiger partial charge in [0.2, 0.25) is 0 Å². The van der Waals surface area contributed by atoms with Crippen LogP contribution in [0.15, 0.2) is 18.3 Å². The van der Waals surface area contributed by atoms with Crippen molar-refractivity contribution in [2.75, 3.05) is 5.32 Å². The van der Waals surface area contributed by atoms with Gasteiger partial charge in [0.15, 0.2) is 0 Å². The number of fused-ring (bicyclic) bond motifs is 1. The summed E-state index contributed by atoms with van der Waals surface area (Å²) >= 11 is 0. The molecular formula is C9H12N2. The lowest BCUT2D eigenvalue weighted by Gasteiger charge is -2.17. The minimum absolute atomic E-state index is 0.191.